The molecular formula is C9H5F7O. The maximum atomic E-state index is 12.9. The first-order valence-corrected chi connectivity index (χ1v) is 4.10. The van der Waals surface area contributed by atoms with E-state index in [1.165, 1.54) is 0 Å². The molecule has 0 atom stereocenters. The second kappa shape index (κ2) is 4.08. The summed E-state index contributed by atoms with van der Waals surface area (Å²) >= 11 is 0. The highest BCUT2D eigenvalue weighted by atomic mass is 19.4. The minimum absolute atomic E-state index is 0.105. The molecule has 0 radical (unpaired) electrons. The maximum absolute atomic E-state index is 12.9. The summed E-state index contributed by atoms with van der Waals surface area (Å²) in [4.78, 5) is 0. The van der Waals surface area contributed by atoms with Gasteiger partial charge in [-0.1, -0.05) is 0 Å². The maximum Gasteiger partial charge on any atom is 0.422 e. The van der Waals surface area contributed by atoms with Gasteiger partial charge in [-0.15, -0.1) is 0 Å². The first-order chi connectivity index (χ1) is 7.59. The van der Waals surface area contributed by atoms with Crippen molar-refractivity contribution >= 4 is 0 Å². The van der Waals surface area contributed by atoms with Crippen LogP contribution in [0.5, 0.6) is 5.75 Å². The van der Waals surface area contributed by atoms with Crippen LogP contribution in [0.1, 0.15) is 11.1 Å². The van der Waals surface area contributed by atoms with E-state index in [1.807, 2.05) is 0 Å². The molecule has 0 aliphatic rings. The zero-order valence-electron chi connectivity index (χ0n) is 8.21. The molecule has 0 unspecified atom stereocenters. The zero-order chi connectivity index (χ0) is 13.4. The molecule has 1 nitrogen and oxygen atoms in total. The van der Waals surface area contributed by atoms with E-state index in [0.717, 1.165) is 0 Å². The van der Waals surface area contributed by atoms with Gasteiger partial charge in [0.05, 0.1) is 12.7 Å². The lowest BCUT2D eigenvalue weighted by molar-refractivity contribution is -0.146. The molecule has 0 bridgehead atoms. The second-order valence-electron chi connectivity index (χ2n) is 3.00. The monoisotopic (exact) mass is 262 g/mol. The van der Waals surface area contributed by atoms with Gasteiger partial charge in [0.25, 0.3) is 0 Å². The lowest BCUT2D eigenvalue weighted by atomic mass is 10.1. The second-order valence-corrected chi connectivity index (χ2v) is 3.00. The van der Waals surface area contributed by atoms with Gasteiger partial charge in [-0.05, 0) is 12.1 Å². The third-order valence-electron chi connectivity index (χ3n) is 1.90. The first-order valence-electron chi connectivity index (χ1n) is 4.10. The molecule has 0 aliphatic heterocycles. The van der Waals surface area contributed by atoms with Gasteiger partial charge in [0.15, 0.2) is 0 Å². The van der Waals surface area contributed by atoms with Crippen LogP contribution in [0.4, 0.5) is 30.7 Å². The third-order valence-corrected chi connectivity index (χ3v) is 1.90. The Bertz CT molecular complexity index is 419. The third kappa shape index (κ3) is 2.62. The van der Waals surface area contributed by atoms with Gasteiger partial charge in [-0.3, -0.25) is 0 Å². The van der Waals surface area contributed by atoms with Gasteiger partial charge in [-0.2, -0.15) is 26.3 Å². The Kier molecular flexibility index (Phi) is 3.26. The number of methoxy groups -OCH3 is 1. The molecule has 1 aromatic rings. The number of ether oxygens (including phenoxy) is 1. The van der Waals surface area contributed by atoms with Crippen molar-refractivity contribution in [3.63, 3.8) is 0 Å². The summed E-state index contributed by atoms with van der Waals surface area (Å²) in [5.41, 5.74) is -3.73. The summed E-state index contributed by atoms with van der Waals surface area (Å²) in [6, 6.07) is 0.303. The van der Waals surface area contributed by atoms with Gasteiger partial charge in [0, 0.05) is 0 Å². The topological polar surface area (TPSA) is 9.23 Å². The molecule has 0 N–H and O–H groups in total. The highest BCUT2D eigenvalue weighted by Gasteiger charge is 2.44. The van der Waals surface area contributed by atoms with Crippen molar-refractivity contribution in [2.75, 3.05) is 7.11 Å². The van der Waals surface area contributed by atoms with Crippen molar-refractivity contribution in [3.05, 3.63) is 29.1 Å². The molecule has 17 heavy (non-hydrogen) atoms. The van der Waals surface area contributed by atoms with Crippen molar-refractivity contribution in [1.29, 1.82) is 0 Å². The fourth-order valence-electron chi connectivity index (χ4n) is 1.26. The van der Waals surface area contributed by atoms with Crippen LogP contribution in [-0.2, 0) is 12.4 Å². The quantitative estimate of drug-likeness (QED) is 0.698. The van der Waals surface area contributed by atoms with E-state index in [0.29, 0.717) is 7.11 Å². The number of rotatable bonds is 1. The SMILES string of the molecule is COc1c(C(F)(F)F)ccc(F)c1C(F)(F)F. The Labute approximate surface area is 90.8 Å². The molecule has 8 heteroatoms. The van der Waals surface area contributed by atoms with Crippen LogP contribution in [0.3, 0.4) is 0 Å². The van der Waals surface area contributed by atoms with Gasteiger partial charge in [0.1, 0.15) is 17.1 Å². The van der Waals surface area contributed by atoms with Crippen molar-refractivity contribution < 1.29 is 35.5 Å². The highest BCUT2D eigenvalue weighted by molar-refractivity contribution is 5.45. The summed E-state index contributed by atoms with van der Waals surface area (Å²) < 4.78 is 91.2. The van der Waals surface area contributed by atoms with E-state index in [9.17, 15) is 30.7 Å². The number of halogens is 7. The lowest BCUT2D eigenvalue weighted by Crippen LogP contribution is -2.16. The van der Waals surface area contributed by atoms with E-state index in [1.54, 1.807) is 0 Å². The Morgan fingerprint density at radius 3 is 1.82 bits per heavy atom. The Morgan fingerprint density at radius 1 is 0.941 bits per heavy atom. The predicted molar refractivity (Wildman–Crippen MR) is 43.0 cm³/mol. The number of hydrogen-bond acceptors (Lipinski definition) is 1. The largest absolute Gasteiger partial charge is 0.495 e. The van der Waals surface area contributed by atoms with Crippen LogP contribution in [-0.4, -0.2) is 7.11 Å². The number of alkyl halides is 6. The van der Waals surface area contributed by atoms with Crippen LogP contribution in [0, 0.1) is 5.82 Å². The molecule has 0 aromatic heterocycles. The molecule has 1 aromatic carbocycles. The average Bonchev–Trinajstić information content (AvgIpc) is 2.12. The molecule has 0 heterocycles. The zero-order valence-corrected chi connectivity index (χ0v) is 8.21. The standard InChI is InChI=1S/C9H5F7O/c1-17-7-4(8(11,12)13)2-3-5(10)6(7)9(14,15)16/h2-3H,1H3. The molecular weight excluding hydrogens is 257 g/mol. The van der Waals surface area contributed by atoms with Crippen LogP contribution in [0.25, 0.3) is 0 Å². The molecule has 1 rings (SSSR count). The minimum atomic E-state index is -5.27. The fourth-order valence-corrected chi connectivity index (χ4v) is 1.26. The van der Waals surface area contributed by atoms with E-state index >= 15 is 0 Å². The number of benzene rings is 1. The van der Waals surface area contributed by atoms with Crippen molar-refractivity contribution in [1.82, 2.24) is 0 Å². The summed E-state index contributed by atoms with van der Waals surface area (Å²) in [5.74, 6) is -3.38. The predicted octanol–water partition coefficient (Wildman–Crippen LogP) is 3.87. The Morgan fingerprint density at radius 2 is 1.47 bits per heavy atom. The van der Waals surface area contributed by atoms with E-state index in [2.05, 4.69) is 4.74 Å². The summed E-state index contributed by atoms with van der Waals surface area (Å²) in [6.45, 7) is 0. The van der Waals surface area contributed by atoms with Crippen LogP contribution in [0.15, 0.2) is 12.1 Å². The summed E-state index contributed by atoms with van der Waals surface area (Å²) in [5, 5.41) is 0. The summed E-state index contributed by atoms with van der Waals surface area (Å²) in [6.07, 6.45) is -10.3. The molecule has 0 saturated carbocycles. The minimum Gasteiger partial charge on any atom is -0.495 e. The summed E-state index contributed by atoms with van der Waals surface area (Å²) in [7, 11) is 0.610. The normalized spacial score (nSPS) is 12.7. The van der Waals surface area contributed by atoms with Crippen molar-refractivity contribution in [2.24, 2.45) is 0 Å². The Balaban J connectivity index is 3.60. The average molecular weight is 262 g/mol. The van der Waals surface area contributed by atoms with Gasteiger partial charge in [-0.25, -0.2) is 4.39 Å². The molecule has 0 fully saturated rings. The molecule has 96 valence electrons. The lowest BCUT2D eigenvalue weighted by Gasteiger charge is -2.17. The van der Waals surface area contributed by atoms with Gasteiger partial charge in [0.2, 0.25) is 0 Å². The van der Waals surface area contributed by atoms with Crippen LogP contribution in [0.2, 0.25) is 0 Å². The smallest absolute Gasteiger partial charge is 0.422 e. The van der Waals surface area contributed by atoms with Crippen molar-refractivity contribution in [2.45, 2.75) is 12.4 Å². The Hall–Kier alpha value is -1.47. The van der Waals surface area contributed by atoms with Gasteiger partial charge < -0.3 is 4.74 Å². The number of hydrogen-bond donors (Lipinski definition) is 0. The van der Waals surface area contributed by atoms with Crippen molar-refractivity contribution in [3.8, 4) is 5.75 Å². The first kappa shape index (κ1) is 13.6. The van der Waals surface area contributed by atoms with E-state index in [4.69, 9.17) is 0 Å². The van der Waals surface area contributed by atoms with Crippen LogP contribution < -0.4 is 4.74 Å². The highest BCUT2D eigenvalue weighted by Crippen LogP contribution is 2.45. The van der Waals surface area contributed by atoms with Crippen LogP contribution >= 0.6 is 0 Å². The van der Waals surface area contributed by atoms with Gasteiger partial charge >= 0.3 is 12.4 Å². The molecule has 0 amide bonds. The van der Waals surface area contributed by atoms with E-state index in [-0.39, 0.29) is 12.1 Å². The molecule has 0 aliphatic carbocycles. The molecule has 0 saturated heterocycles. The van der Waals surface area contributed by atoms with E-state index < -0.39 is 35.0 Å². The molecule has 0 spiro atoms. The fraction of sp³-hybridized carbons (Fsp3) is 0.333.